The maximum atomic E-state index is 11.5. The van der Waals surface area contributed by atoms with Gasteiger partial charge in [-0.3, -0.25) is 9.59 Å². The van der Waals surface area contributed by atoms with Crippen LogP contribution in [0.5, 0.6) is 11.5 Å². The number of amides is 1. The summed E-state index contributed by atoms with van der Waals surface area (Å²) < 4.78 is 11.4. The molecule has 6 nitrogen and oxygen atoms in total. The molecule has 0 radical (unpaired) electrons. The number of carbonyl (C=O) groups excluding carboxylic acids is 1. The summed E-state index contributed by atoms with van der Waals surface area (Å²) in [6, 6.07) is 15.5. The van der Waals surface area contributed by atoms with Gasteiger partial charge < -0.3 is 19.9 Å². The first-order valence-electron chi connectivity index (χ1n) is 8.93. The molecule has 0 bridgehead atoms. The van der Waals surface area contributed by atoms with Crippen molar-refractivity contribution in [1.29, 1.82) is 0 Å². The molecule has 27 heavy (non-hydrogen) atoms. The van der Waals surface area contributed by atoms with Gasteiger partial charge in [0.1, 0.15) is 24.7 Å². The summed E-state index contributed by atoms with van der Waals surface area (Å²) in [6.45, 7) is 3.34. The van der Waals surface area contributed by atoms with Crippen LogP contribution in [0.1, 0.15) is 24.0 Å². The van der Waals surface area contributed by atoms with Crippen LogP contribution in [-0.2, 0) is 16.0 Å². The first-order valence-corrected chi connectivity index (χ1v) is 8.93. The number of hydrogen-bond acceptors (Lipinski definition) is 4. The van der Waals surface area contributed by atoms with Crippen molar-refractivity contribution in [3.8, 4) is 11.5 Å². The zero-order valence-corrected chi connectivity index (χ0v) is 15.4. The standard InChI is InChI=1S/C21H25NO5/c1-16-5-2-3-8-19(16)27-14-13-26-18-7-4-6-17(15-18)11-12-22-20(23)9-10-21(24)25/h2-8,15H,9-14H2,1H3,(H,22,23)(H,24,25). The first kappa shape index (κ1) is 20.3. The predicted molar refractivity (Wildman–Crippen MR) is 102 cm³/mol. The molecule has 6 heteroatoms. The van der Waals surface area contributed by atoms with Crippen molar-refractivity contribution in [2.45, 2.75) is 26.2 Å². The number of benzene rings is 2. The summed E-state index contributed by atoms with van der Waals surface area (Å²) in [5.41, 5.74) is 2.12. The van der Waals surface area contributed by atoms with Gasteiger partial charge in [0.05, 0.1) is 6.42 Å². The molecule has 0 heterocycles. The van der Waals surface area contributed by atoms with Crippen LogP contribution in [0, 0.1) is 6.92 Å². The van der Waals surface area contributed by atoms with E-state index in [-0.39, 0.29) is 18.7 Å². The van der Waals surface area contributed by atoms with Crippen LogP contribution in [0.15, 0.2) is 48.5 Å². The Balaban J connectivity index is 1.69. The van der Waals surface area contributed by atoms with E-state index in [0.717, 1.165) is 22.6 Å². The molecule has 0 aliphatic carbocycles. The van der Waals surface area contributed by atoms with Crippen molar-refractivity contribution in [3.63, 3.8) is 0 Å². The molecule has 0 unspecified atom stereocenters. The van der Waals surface area contributed by atoms with Gasteiger partial charge in [0.25, 0.3) is 0 Å². The van der Waals surface area contributed by atoms with Gasteiger partial charge in [-0.2, -0.15) is 0 Å². The number of carboxylic acid groups (broad SMARTS) is 1. The van der Waals surface area contributed by atoms with Crippen LogP contribution < -0.4 is 14.8 Å². The van der Waals surface area contributed by atoms with Gasteiger partial charge in [-0.15, -0.1) is 0 Å². The SMILES string of the molecule is Cc1ccccc1OCCOc1cccc(CCNC(=O)CCC(=O)O)c1. The van der Waals surface area contributed by atoms with Crippen molar-refractivity contribution in [1.82, 2.24) is 5.32 Å². The lowest BCUT2D eigenvalue weighted by Gasteiger charge is -2.11. The number of ether oxygens (including phenoxy) is 2. The highest BCUT2D eigenvalue weighted by molar-refractivity contribution is 5.80. The third-order valence-electron chi connectivity index (χ3n) is 3.90. The van der Waals surface area contributed by atoms with E-state index in [0.29, 0.717) is 26.2 Å². The van der Waals surface area contributed by atoms with E-state index in [9.17, 15) is 9.59 Å². The topological polar surface area (TPSA) is 84.9 Å². The van der Waals surface area contributed by atoms with Crippen molar-refractivity contribution in [2.24, 2.45) is 0 Å². The molecular weight excluding hydrogens is 346 g/mol. The Hall–Kier alpha value is -3.02. The average Bonchev–Trinajstić information content (AvgIpc) is 2.65. The lowest BCUT2D eigenvalue weighted by Crippen LogP contribution is -2.26. The lowest BCUT2D eigenvalue weighted by atomic mass is 10.1. The Bertz CT molecular complexity index is 760. The zero-order valence-electron chi connectivity index (χ0n) is 15.4. The van der Waals surface area contributed by atoms with Crippen LogP contribution in [0.3, 0.4) is 0 Å². The number of hydrogen-bond donors (Lipinski definition) is 2. The number of aliphatic carboxylic acids is 1. The molecule has 2 rings (SSSR count). The Morgan fingerprint density at radius 3 is 2.56 bits per heavy atom. The number of aryl methyl sites for hydroxylation is 1. The Morgan fingerprint density at radius 1 is 1.00 bits per heavy atom. The molecule has 0 fully saturated rings. The second kappa shape index (κ2) is 10.9. The highest BCUT2D eigenvalue weighted by atomic mass is 16.5. The highest BCUT2D eigenvalue weighted by Gasteiger charge is 2.05. The first-order chi connectivity index (χ1) is 13.0. The maximum absolute atomic E-state index is 11.5. The van der Waals surface area contributed by atoms with Crippen LogP contribution in [0.25, 0.3) is 0 Å². The summed E-state index contributed by atoms with van der Waals surface area (Å²) in [7, 11) is 0. The van der Waals surface area contributed by atoms with Crippen LogP contribution in [0.2, 0.25) is 0 Å². The van der Waals surface area contributed by atoms with Gasteiger partial charge in [0, 0.05) is 13.0 Å². The predicted octanol–water partition coefficient (Wildman–Crippen LogP) is 2.98. The minimum atomic E-state index is -0.971. The summed E-state index contributed by atoms with van der Waals surface area (Å²) >= 11 is 0. The minimum Gasteiger partial charge on any atom is -0.490 e. The molecule has 0 saturated heterocycles. The maximum Gasteiger partial charge on any atom is 0.303 e. The quantitative estimate of drug-likeness (QED) is 0.593. The van der Waals surface area contributed by atoms with Crippen molar-refractivity contribution >= 4 is 11.9 Å². The van der Waals surface area contributed by atoms with Crippen molar-refractivity contribution in [3.05, 3.63) is 59.7 Å². The lowest BCUT2D eigenvalue weighted by molar-refractivity contribution is -0.138. The molecule has 1 amide bonds. The van der Waals surface area contributed by atoms with E-state index in [1.165, 1.54) is 0 Å². The van der Waals surface area contributed by atoms with Crippen LogP contribution in [0.4, 0.5) is 0 Å². The van der Waals surface area contributed by atoms with Gasteiger partial charge in [-0.25, -0.2) is 0 Å². The Labute approximate surface area is 159 Å². The molecular formula is C21H25NO5. The molecule has 2 aromatic rings. The number of nitrogens with one attached hydrogen (secondary N) is 1. The third-order valence-corrected chi connectivity index (χ3v) is 3.90. The molecule has 0 saturated carbocycles. The van der Waals surface area contributed by atoms with Crippen LogP contribution in [-0.4, -0.2) is 36.7 Å². The summed E-state index contributed by atoms with van der Waals surface area (Å²) in [5.74, 6) is 0.381. The summed E-state index contributed by atoms with van der Waals surface area (Å²) in [6.07, 6.45) is 0.495. The van der Waals surface area contributed by atoms with Gasteiger partial charge >= 0.3 is 5.97 Å². The number of carboxylic acids is 1. The largest absolute Gasteiger partial charge is 0.490 e. The monoisotopic (exact) mass is 371 g/mol. The molecule has 0 spiro atoms. The normalized spacial score (nSPS) is 10.3. The Morgan fingerprint density at radius 2 is 1.78 bits per heavy atom. The van der Waals surface area contributed by atoms with E-state index in [1.807, 2.05) is 55.5 Å². The van der Waals surface area contributed by atoms with Crippen molar-refractivity contribution < 1.29 is 24.2 Å². The number of para-hydroxylation sites is 1. The smallest absolute Gasteiger partial charge is 0.303 e. The van der Waals surface area contributed by atoms with E-state index < -0.39 is 5.97 Å². The summed E-state index contributed by atoms with van der Waals surface area (Å²) in [4.78, 5) is 21.9. The third kappa shape index (κ3) is 7.81. The van der Waals surface area contributed by atoms with Gasteiger partial charge in [0.2, 0.25) is 5.91 Å². The number of rotatable bonds is 11. The van der Waals surface area contributed by atoms with E-state index >= 15 is 0 Å². The summed E-state index contributed by atoms with van der Waals surface area (Å²) in [5, 5.41) is 11.3. The van der Waals surface area contributed by atoms with Crippen molar-refractivity contribution in [2.75, 3.05) is 19.8 Å². The minimum absolute atomic E-state index is 0.000622. The van der Waals surface area contributed by atoms with E-state index in [2.05, 4.69) is 5.32 Å². The zero-order chi connectivity index (χ0) is 19.5. The van der Waals surface area contributed by atoms with Crippen LogP contribution >= 0.6 is 0 Å². The molecule has 0 atom stereocenters. The Kier molecular flexibility index (Phi) is 8.16. The molecule has 0 aliphatic rings. The molecule has 0 aromatic heterocycles. The fourth-order valence-electron chi connectivity index (χ4n) is 2.48. The highest BCUT2D eigenvalue weighted by Crippen LogP contribution is 2.17. The van der Waals surface area contributed by atoms with Gasteiger partial charge in [0.15, 0.2) is 0 Å². The molecule has 144 valence electrons. The molecule has 2 aromatic carbocycles. The van der Waals surface area contributed by atoms with E-state index in [1.54, 1.807) is 0 Å². The fourth-order valence-corrected chi connectivity index (χ4v) is 2.48. The second-order valence-corrected chi connectivity index (χ2v) is 6.10. The van der Waals surface area contributed by atoms with Gasteiger partial charge in [-0.05, 0) is 42.7 Å². The van der Waals surface area contributed by atoms with Gasteiger partial charge in [-0.1, -0.05) is 30.3 Å². The van der Waals surface area contributed by atoms with E-state index in [4.69, 9.17) is 14.6 Å². The molecule has 0 aliphatic heterocycles. The average molecular weight is 371 g/mol. The second-order valence-electron chi connectivity index (χ2n) is 6.10. The molecule has 2 N–H and O–H groups in total. The number of carbonyl (C=O) groups is 2. The fraction of sp³-hybridized carbons (Fsp3) is 0.333.